The number of anilines is 1. The molecule has 0 unspecified atom stereocenters. The molecule has 1 fully saturated rings. The Hall–Kier alpha value is -3.66. The number of benzene rings is 1. The SMILES string of the molecule is O=C(COC(=O)[C@@H]1CCCN1C(=O)c1ccco1)Nc1cc(Cl)ccc1-n1cncn1. The number of carbonyl (C=O) groups excluding carboxylic acids is 3. The second-order valence-corrected chi connectivity index (χ2v) is 7.23. The molecule has 1 aliphatic rings. The van der Waals surface area contributed by atoms with Crippen molar-refractivity contribution in [2.75, 3.05) is 18.5 Å². The number of carbonyl (C=O) groups is 3. The summed E-state index contributed by atoms with van der Waals surface area (Å²) in [4.78, 5) is 42.7. The fraction of sp³-hybridized carbons (Fsp3) is 0.250. The van der Waals surface area contributed by atoms with Crippen molar-refractivity contribution in [2.45, 2.75) is 18.9 Å². The van der Waals surface area contributed by atoms with Gasteiger partial charge in [0, 0.05) is 11.6 Å². The lowest BCUT2D eigenvalue weighted by Gasteiger charge is -2.22. The number of rotatable bonds is 6. The summed E-state index contributed by atoms with van der Waals surface area (Å²) < 4.78 is 11.8. The first-order chi connectivity index (χ1) is 15.0. The standard InChI is InChI=1S/C20H18ClN5O5/c21-13-5-6-15(26-12-22-11-23-26)14(9-13)24-18(27)10-31-20(29)16-3-1-7-25(16)19(28)17-4-2-8-30-17/h2,4-6,8-9,11-12,16H,1,3,7,10H2,(H,24,27)/t16-/m0/s1. The molecule has 31 heavy (non-hydrogen) atoms. The molecule has 1 aromatic carbocycles. The Morgan fingerprint density at radius 1 is 1.29 bits per heavy atom. The molecule has 1 saturated heterocycles. The Morgan fingerprint density at radius 3 is 2.90 bits per heavy atom. The van der Waals surface area contributed by atoms with Crippen LogP contribution >= 0.6 is 11.6 Å². The number of ether oxygens (including phenoxy) is 1. The first-order valence-corrected chi connectivity index (χ1v) is 9.86. The van der Waals surface area contributed by atoms with E-state index >= 15 is 0 Å². The van der Waals surface area contributed by atoms with Crippen LogP contribution < -0.4 is 5.32 Å². The van der Waals surface area contributed by atoms with E-state index in [0.717, 1.165) is 0 Å². The normalized spacial score (nSPS) is 15.6. The van der Waals surface area contributed by atoms with Gasteiger partial charge in [0.15, 0.2) is 12.4 Å². The average Bonchev–Trinajstić information content (AvgIpc) is 3.54. The molecule has 0 aliphatic carbocycles. The lowest BCUT2D eigenvalue weighted by Crippen LogP contribution is -2.42. The van der Waals surface area contributed by atoms with Crippen LogP contribution in [0.4, 0.5) is 5.69 Å². The number of amides is 2. The van der Waals surface area contributed by atoms with Crippen LogP contribution in [0.15, 0.2) is 53.7 Å². The quantitative estimate of drug-likeness (QED) is 0.580. The molecule has 10 nitrogen and oxygen atoms in total. The summed E-state index contributed by atoms with van der Waals surface area (Å²) in [6.45, 7) is -0.100. The zero-order valence-corrected chi connectivity index (χ0v) is 17.0. The summed E-state index contributed by atoms with van der Waals surface area (Å²) in [6, 6.07) is 7.26. The molecule has 3 aromatic rings. The molecule has 2 amide bonds. The molecule has 3 heterocycles. The molecule has 160 valence electrons. The third-order valence-corrected chi connectivity index (χ3v) is 5.00. The van der Waals surface area contributed by atoms with Gasteiger partial charge in [0.2, 0.25) is 0 Å². The van der Waals surface area contributed by atoms with Gasteiger partial charge in [0.05, 0.1) is 17.6 Å². The zero-order chi connectivity index (χ0) is 21.8. The number of hydrogen-bond acceptors (Lipinski definition) is 7. The Kier molecular flexibility index (Phi) is 5.99. The highest BCUT2D eigenvalue weighted by molar-refractivity contribution is 6.31. The highest BCUT2D eigenvalue weighted by atomic mass is 35.5. The maximum atomic E-state index is 12.5. The molecule has 4 rings (SSSR count). The fourth-order valence-electron chi connectivity index (χ4n) is 3.36. The van der Waals surface area contributed by atoms with Crippen LogP contribution in [-0.4, -0.2) is 56.6 Å². The van der Waals surface area contributed by atoms with Crippen molar-refractivity contribution >= 4 is 35.1 Å². The van der Waals surface area contributed by atoms with Crippen LogP contribution in [0.1, 0.15) is 23.4 Å². The first-order valence-electron chi connectivity index (χ1n) is 9.48. The minimum atomic E-state index is -0.762. The second kappa shape index (κ2) is 9.00. The molecule has 0 spiro atoms. The van der Waals surface area contributed by atoms with Crippen LogP contribution in [0.3, 0.4) is 0 Å². The van der Waals surface area contributed by atoms with Crippen LogP contribution in [0, 0.1) is 0 Å². The van der Waals surface area contributed by atoms with Gasteiger partial charge >= 0.3 is 5.97 Å². The number of aromatic nitrogens is 3. The van der Waals surface area contributed by atoms with E-state index in [9.17, 15) is 14.4 Å². The third kappa shape index (κ3) is 4.58. The molecule has 0 bridgehead atoms. The van der Waals surface area contributed by atoms with Gasteiger partial charge in [-0.05, 0) is 43.2 Å². The van der Waals surface area contributed by atoms with E-state index in [1.165, 1.54) is 34.6 Å². The van der Waals surface area contributed by atoms with Gasteiger partial charge in [0.1, 0.15) is 18.7 Å². The first kappa shape index (κ1) is 20.6. The molecule has 0 radical (unpaired) electrons. The van der Waals surface area contributed by atoms with Crippen molar-refractivity contribution in [3.05, 3.63) is 60.0 Å². The van der Waals surface area contributed by atoms with Crippen molar-refractivity contribution in [2.24, 2.45) is 0 Å². The number of nitrogens with one attached hydrogen (secondary N) is 1. The molecule has 1 N–H and O–H groups in total. The van der Waals surface area contributed by atoms with Crippen LogP contribution in [0.25, 0.3) is 5.69 Å². The summed E-state index contributed by atoms with van der Waals surface area (Å²) in [5, 5.41) is 7.11. The lowest BCUT2D eigenvalue weighted by atomic mass is 10.2. The Bertz CT molecular complexity index is 1080. The number of hydrogen-bond donors (Lipinski definition) is 1. The highest BCUT2D eigenvalue weighted by Gasteiger charge is 2.36. The molecular formula is C20H18ClN5O5. The Morgan fingerprint density at radius 2 is 2.16 bits per heavy atom. The van der Waals surface area contributed by atoms with Crippen molar-refractivity contribution in [3.8, 4) is 5.69 Å². The number of furan rings is 1. The smallest absolute Gasteiger partial charge is 0.329 e. The van der Waals surface area contributed by atoms with Gasteiger partial charge in [0.25, 0.3) is 11.8 Å². The molecule has 1 aliphatic heterocycles. The summed E-state index contributed by atoms with van der Waals surface area (Å²) in [5.41, 5.74) is 0.933. The maximum Gasteiger partial charge on any atom is 0.329 e. The van der Waals surface area contributed by atoms with Gasteiger partial charge in [-0.2, -0.15) is 5.10 Å². The molecular weight excluding hydrogens is 426 g/mol. The molecule has 1 atom stereocenters. The number of likely N-dealkylation sites (tertiary alicyclic amines) is 1. The predicted octanol–water partition coefficient (Wildman–Crippen LogP) is 2.30. The molecule has 11 heteroatoms. The van der Waals surface area contributed by atoms with Gasteiger partial charge in [-0.1, -0.05) is 11.6 Å². The van der Waals surface area contributed by atoms with Crippen molar-refractivity contribution in [3.63, 3.8) is 0 Å². The minimum absolute atomic E-state index is 0.152. The second-order valence-electron chi connectivity index (χ2n) is 6.79. The molecule has 0 saturated carbocycles. The summed E-state index contributed by atoms with van der Waals surface area (Å²) in [6.07, 6.45) is 5.34. The Balaban J connectivity index is 1.38. The van der Waals surface area contributed by atoms with Gasteiger partial charge in [-0.15, -0.1) is 0 Å². The number of esters is 1. The fourth-order valence-corrected chi connectivity index (χ4v) is 3.53. The lowest BCUT2D eigenvalue weighted by molar-refractivity contribution is -0.151. The van der Waals surface area contributed by atoms with Gasteiger partial charge in [-0.3, -0.25) is 9.59 Å². The number of nitrogens with zero attached hydrogens (tertiary/aromatic N) is 4. The van der Waals surface area contributed by atoms with Gasteiger partial charge in [-0.25, -0.2) is 14.5 Å². The van der Waals surface area contributed by atoms with Gasteiger partial charge < -0.3 is 19.4 Å². The largest absolute Gasteiger partial charge is 0.459 e. The van der Waals surface area contributed by atoms with Crippen molar-refractivity contribution in [1.82, 2.24) is 19.7 Å². The zero-order valence-electron chi connectivity index (χ0n) is 16.2. The molecule has 2 aromatic heterocycles. The van der Waals surface area contributed by atoms with E-state index in [-0.39, 0.29) is 11.7 Å². The van der Waals surface area contributed by atoms with Crippen LogP contribution in [-0.2, 0) is 14.3 Å². The minimum Gasteiger partial charge on any atom is -0.459 e. The van der Waals surface area contributed by atoms with E-state index in [1.54, 1.807) is 24.3 Å². The summed E-state index contributed by atoms with van der Waals surface area (Å²) in [7, 11) is 0. The van der Waals surface area contributed by atoms with Crippen LogP contribution in [0.2, 0.25) is 5.02 Å². The predicted molar refractivity (Wildman–Crippen MR) is 109 cm³/mol. The third-order valence-electron chi connectivity index (χ3n) is 4.76. The monoisotopic (exact) mass is 443 g/mol. The highest BCUT2D eigenvalue weighted by Crippen LogP contribution is 2.24. The van der Waals surface area contributed by atoms with E-state index in [1.807, 2.05) is 0 Å². The summed E-state index contributed by atoms with van der Waals surface area (Å²) in [5.74, 6) is -1.43. The van der Waals surface area contributed by atoms with Crippen molar-refractivity contribution < 1.29 is 23.5 Å². The Labute approximate surface area is 181 Å². The maximum absolute atomic E-state index is 12.5. The topological polar surface area (TPSA) is 120 Å². The van der Waals surface area contributed by atoms with E-state index in [2.05, 4.69) is 15.4 Å². The average molecular weight is 444 g/mol. The van der Waals surface area contributed by atoms with E-state index < -0.39 is 24.5 Å². The van der Waals surface area contributed by atoms with Crippen LogP contribution in [0.5, 0.6) is 0 Å². The van der Waals surface area contributed by atoms with E-state index in [0.29, 0.717) is 35.8 Å². The number of halogens is 1. The van der Waals surface area contributed by atoms with Crippen molar-refractivity contribution in [1.29, 1.82) is 0 Å². The van der Waals surface area contributed by atoms with E-state index in [4.69, 9.17) is 20.8 Å². The summed E-state index contributed by atoms with van der Waals surface area (Å²) >= 11 is 6.04.